The maximum Gasteiger partial charge on any atom is 0.326 e. The molecule has 4 aliphatic carbocycles. The van der Waals surface area contributed by atoms with E-state index in [1.165, 1.54) is 34.1 Å². The number of likely N-dealkylation sites (tertiary alicyclic amines) is 2. The maximum atomic E-state index is 14.0. The topological polar surface area (TPSA) is 342 Å². The molecule has 468 valence electrons. The normalized spacial score (nSPS) is 24.2. The zero-order valence-corrected chi connectivity index (χ0v) is 53.6. The summed E-state index contributed by atoms with van der Waals surface area (Å²) in [5.74, 6) is -3.43. The fourth-order valence-electron chi connectivity index (χ4n) is 11.2. The van der Waals surface area contributed by atoms with E-state index in [4.69, 9.17) is 5.73 Å². The van der Waals surface area contributed by atoms with Gasteiger partial charge in [-0.25, -0.2) is 40.7 Å². The van der Waals surface area contributed by atoms with Crippen LogP contribution in [-0.2, 0) is 48.8 Å². The number of nitrogens with two attached hydrogens (primary N) is 1. The Kier molecular flexibility index (Phi) is 19.4. The van der Waals surface area contributed by atoms with Crippen molar-refractivity contribution < 1.29 is 60.3 Å². The Labute approximate surface area is 501 Å². The minimum atomic E-state index is -4.12. The van der Waals surface area contributed by atoms with Crippen LogP contribution in [0.4, 0.5) is 9.59 Å². The van der Waals surface area contributed by atoms with Gasteiger partial charge in [0, 0.05) is 30.1 Å². The number of hydrogen-bond donors (Lipinski definition) is 9. The van der Waals surface area contributed by atoms with Crippen molar-refractivity contribution in [3.63, 3.8) is 0 Å². The van der Waals surface area contributed by atoms with E-state index in [0.717, 1.165) is 0 Å². The number of halogens is 1. The molecule has 6 fully saturated rings. The third kappa shape index (κ3) is 15.7. The number of piperidine rings is 2. The molecule has 2 unspecified atom stereocenters. The highest BCUT2D eigenvalue weighted by atomic mass is 35.5. The SMILES string of the molecule is CC(C)(C)NC(=O)N[C@H](C(=O)N1CC2C([C@H]1C(=O)O)C2(C)C)C(C)(C)C.CC(C)(C)NC(=O)N[C@H](C(=O)N1C[C@H]2[C@@H]([C@H]1C(=O)NC1(C(=O)NS(=O)(=O)c3ccccc3)CC1)C2(C)C)C(C)(C)C.Cl.NC1(C(=O)NS(=O)(=O)c2ccccc2)CC1. The fourth-order valence-corrected chi connectivity index (χ4v) is 13.4. The Bertz CT molecular complexity index is 3090. The molecular weight excluding hydrogens is 1140 g/mol. The molecule has 8 rings (SSSR count). The van der Waals surface area contributed by atoms with Gasteiger partial charge in [-0.3, -0.25) is 24.0 Å². The number of nitrogens with zero attached hydrogens (tertiary/aromatic N) is 2. The van der Waals surface area contributed by atoms with E-state index in [1.54, 1.807) is 36.4 Å². The lowest BCUT2D eigenvalue weighted by Gasteiger charge is -2.38. The number of carbonyl (C=O) groups is 8. The monoisotopic (exact) mass is 1230 g/mol. The summed E-state index contributed by atoms with van der Waals surface area (Å²) in [4.78, 5) is 106. The summed E-state index contributed by atoms with van der Waals surface area (Å²) in [6.45, 7) is 31.2. The molecule has 10 N–H and O–H groups in total. The van der Waals surface area contributed by atoms with Gasteiger partial charge < -0.3 is 47.2 Å². The predicted molar refractivity (Wildman–Crippen MR) is 317 cm³/mol. The van der Waals surface area contributed by atoms with E-state index in [9.17, 15) is 60.3 Å². The van der Waals surface area contributed by atoms with E-state index in [0.29, 0.717) is 25.9 Å². The lowest BCUT2D eigenvalue weighted by atomic mass is 9.85. The Morgan fingerprint density at radius 1 is 0.560 bits per heavy atom. The lowest BCUT2D eigenvalue weighted by molar-refractivity contribution is -0.152. The number of carbonyl (C=O) groups excluding carboxylic acids is 7. The van der Waals surface area contributed by atoms with Crippen molar-refractivity contribution >= 4 is 80.0 Å². The molecule has 8 atom stereocenters. The molecule has 0 aromatic heterocycles. The summed E-state index contributed by atoms with van der Waals surface area (Å²) < 4.78 is 53.0. The van der Waals surface area contributed by atoms with E-state index in [-0.39, 0.29) is 81.4 Å². The van der Waals surface area contributed by atoms with Crippen molar-refractivity contribution in [2.45, 2.75) is 193 Å². The quantitative estimate of drug-likeness (QED) is 0.132. The van der Waals surface area contributed by atoms with Gasteiger partial charge in [0.1, 0.15) is 29.7 Å². The van der Waals surface area contributed by atoms with Crippen molar-refractivity contribution in [2.75, 3.05) is 13.1 Å². The second-order valence-corrected chi connectivity index (χ2v) is 32.0. The van der Waals surface area contributed by atoms with Crippen LogP contribution in [-0.4, -0.2) is 139 Å². The number of fused-ring (bicyclic) bond motifs is 2. The molecule has 26 heteroatoms. The molecule has 2 aromatic rings. The van der Waals surface area contributed by atoms with Gasteiger partial charge in [0.15, 0.2) is 0 Å². The highest BCUT2D eigenvalue weighted by Gasteiger charge is 2.71. The van der Waals surface area contributed by atoms with Crippen LogP contribution in [0.15, 0.2) is 70.5 Å². The molecule has 0 bridgehead atoms. The number of aliphatic carboxylic acids is 1. The molecule has 2 aliphatic heterocycles. The lowest BCUT2D eigenvalue weighted by Crippen LogP contribution is -2.62. The first kappa shape index (κ1) is 68.7. The minimum Gasteiger partial charge on any atom is -0.480 e. The third-order valence-electron chi connectivity index (χ3n) is 16.6. The van der Waals surface area contributed by atoms with E-state index in [1.807, 2.05) is 102 Å². The molecule has 0 spiro atoms. The number of rotatable bonds is 13. The molecule has 2 aromatic carbocycles. The third-order valence-corrected chi connectivity index (χ3v) is 19.3. The Morgan fingerprint density at radius 2 is 0.905 bits per heavy atom. The van der Waals surface area contributed by atoms with Crippen LogP contribution in [0.1, 0.15) is 136 Å². The first-order valence-corrected chi connectivity index (χ1v) is 31.0. The molecule has 23 nitrogen and oxygen atoms in total. The predicted octanol–water partition coefficient (Wildman–Crippen LogP) is 4.61. The Morgan fingerprint density at radius 3 is 1.23 bits per heavy atom. The van der Waals surface area contributed by atoms with E-state index < -0.39 is 113 Å². The average molecular weight is 1230 g/mol. The van der Waals surface area contributed by atoms with Crippen LogP contribution in [0, 0.1) is 45.3 Å². The minimum absolute atomic E-state index is 0. The summed E-state index contributed by atoms with van der Waals surface area (Å²) in [5, 5.41) is 23.7. The Hall–Kier alpha value is -6.05. The summed E-state index contributed by atoms with van der Waals surface area (Å²) in [5.41, 5.74) is 0.888. The van der Waals surface area contributed by atoms with Gasteiger partial charge in [0.2, 0.25) is 17.7 Å². The van der Waals surface area contributed by atoms with Crippen molar-refractivity contribution in [2.24, 2.45) is 51.1 Å². The van der Waals surface area contributed by atoms with Crippen LogP contribution < -0.4 is 41.8 Å². The number of amides is 9. The summed E-state index contributed by atoms with van der Waals surface area (Å²) in [6, 6.07) is 11.0. The van der Waals surface area contributed by atoms with E-state index in [2.05, 4.69) is 45.2 Å². The standard InChI is InChI=1S/C29H43N5O6S.C19H33N3O4.C10H12N2O3S.ClH/c1-26(2,3)21(30-25(38)32-27(4,5)6)23(36)34-16-18-19(28(18,7)8)20(34)22(35)31-29(14-15-29)24(37)33-41(39,40)17-12-10-9-11-13-17;1-17(2,3)13(20-16(26)21-18(4,5)6)14(23)22-9-10-11(19(10,7)8)12(22)15(24)25;11-10(6-7-10)9(13)12-16(14,15)8-4-2-1-3-5-8;/h9-13,18-21H,14-16H2,1-8H3,(H,31,35)(H,33,37)(H2,30,32,38);10-13H,9H2,1-8H3,(H,24,25)(H2,20,21,26);1-5H,6-7,11H2,(H,12,13);1H/t18-,19-,20-,21+;10?,11?,12-,13+;;/m00../s1. The highest BCUT2D eigenvalue weighted by Crippen LogP contribution is 2.66. The summed E-state index contributed by atoms with van der Waals surface area (Å²) in [6.07, 6.45) is 1.63. The number of carboxylic acids is 1. The van der Waals surface area contributed by atoms with Gasteiger partial charge in [0.25, 0.3) is 31.9 Å². The molecular formula is C58H89ClN10O13S2. The van der Waals surface area contributed by atoms with Crippen LogP contribution >= 0.6 is 12.4 Å². The van der Waals surface area contributed by atoms with Crippen molar-refractivity contribution in [1.82, 2.24) is 45.8 Å². The second kappa shape index (κ2) is 23.7. The van der Waals surface area contributed by atoms with Crippen LogP contribution in [0.3, 0.4) is 0 Å². The van der Waals surface area contributed by atoms with Gasteiger partial charge in [-0.2, -0.15) is 0 Å². The summed E-state index contributed by atoms with van der Waals surface area (Å²) >= 11 is 0. The summed E-state index contributed by atoms with van der Waals surface area (Å²) in [7, 11) is -7.90. The zero-order chi connectivity index (χ0) is 62.8. The number of hydrogen-bond acceptors (Lipinski definition) is 13. The molecule has 4 saturated carbocycles. The number of carboxylic acid groups (broad SMARTS) is 1. The van der Waals surface area contributed by atoms with Crippen molar-refractivity contribution in [3.8, 4) is 0 Å². The number of nitrogens with one attached hydrogen (secondary N) is 7. The molecule has 84 heavy (non-hydrogen) atoms. The maximum absolute atomic E-state index is 14.0. The van der Waals surface area contributed by atoms with Gasteiger partial charge in [-0.1, -0.05) is 106 Å². The van der Waals surface area contributed by atoms with Gasteiger partial charge in [-0.15, -0.1) is 12.4 Å². The first-order valence-electron chi connectivity index (χ1n) is 28.1. The molecule has 6 aliphatic rings. The largest absolute Gasteiger partial charge is 0.480 e. The van der Waals surface area contributed by atoms with Crippen molar-refractivity contribution in [1.29, 1.82) is 0 Å². The highest BCUT2D eigenvalue weighted by molar-refractivity contribution is 7.90. The van der Waals surface area contributed by atoms with Crippen LogP contribution in [0.25, 0.3) is 0 Å². The average Bonchev–Trinajstić information content (AvgIpc) is 2.06. The Balaban J connectivity index is 0.000000255. The van der Waals surface area contributed by atoms with Crippen LogP contribution in [0.5, 0.6) is 0 Å². The fraction of sp³-hybridized carbons (Fsp3) is 0.655. The van der Waals surface area contributed by atoms with E-state index >= 15 is 0 Å². The molecule has 2 heterocycles. The van der Waals surface area contributed by atoms with Gasteiger partial charge in [-0.05, 0) is 131 Å². The number of urea groups is 2. The zero-order valence-electron chi connectivity index (χ0n) is 51.2. The second-order valence-electron chi connectivity index (χ2n) is 28.6. The van der Waals surface area contributed by atoms with Crippen LogP contribution in [0.2, 0.25) is 0 Å². The smallest absolute Gasteiger partial charge is 0.326 e. The number of sulfonamides is 2. The molecule has 0 radical (unpaired) electrons. The molecule has 2 saturated heterocycles. The number of benzene rings is 2. The van der Waals surface area contributed by atoms with Gasteiger partial charge in [0.05, 0.1) is 15.3 Å². The van der Waals surface area contributed by atoms with Crippen molar-refractivity contribution in [3.05, 3.63) is 60.7 Å². The van der Waals surface area contributed by atoms with Gasteiger partial charge >= 0.3 is 18.0 Å². The first-order chi connectivity index (χ1) is 37.7. The molecule has 9 amide bonds.